The zero-order valence-corrected chi connectivity index (χ0v) is 17.9. The van der Waals surface area contributed by atoms with Gasteiger partial charge < -0.3 is 25.5 Å². The van der Waals surface area contributed by atoms with E-state index in [2.05, 4.69) is 9.78 Å². The molecule has 0 aliphatic rings. The van der Waals surface area contributed by atoms with Crippen LogP contribution in [0, 0.1) is 0 Å². The van der Waals surface area contributed by atoms with Crippen LogP contribution in [0.3, 0.4) is 0 Å². The number of aliphatic hydroxyl groups is 1. The van der Waals surface area contributed by atoms with Gasteiger partial charge in [0.15, 0.2) is 22.9 Å². The Bertz CT molecular complexity index is 1170. The Morgan fingerprint density at radius 3 is 1.91 bits per heavy atom. The summed E-state index contributed by atoms with van der Waals surface area (Å²) in [6.07, 6.45) is 1.55. The van der Waals surface area contributed by atoms with Crippen molar-refractivity contribution in [2.75, 3.05) is 0 Å². The average Bonchev–Trinajstić information content (AvgIpc) is 2.82. The largest absolute Gasteiger partial charge is 0.504 e. The van der Waals surface area contributed by atoms with E-state index in [-0.39, 0.29) is 5.56 Å². The summed E-state index contributed by atoms with van der Waals surface area (Å²) >= 11 is 0. The van der Waals surface area contributed by atoms with Gasteiger partial charge in [0.1, 0.15) is 0 Å². The maximum absolute atomic E-state index is 13.3. The summed E-state index contributed by atoms with van der Waals surface area (Å²) in [7, 11) is 0. The van der Waals surface area contributed by atoms with E-state index in [4.69, 9.17) is 0 Å². The number of ketones is 2. The van der Waals surface area contributed by atoms with Gasteiger partial charge >= 0.3 is 17.5 Å². The molecule has 2 rings (SSSR count). The third kappa shape index (κ3) is 4.37. The highest BCUT2D eigenvalue weighted by atomic mass is 17.1. The van der Waals surface area contributed by atoms with Gasteiger partial charge in [0.25, 0.3) is 5.60 Å². The first-order chi connectivity index (χ1) is 16.3. The summed E-state index contributed by atoms with van der Waals surface area (Å²) < 4.78 is 0. The summed E-state index contributed by atoms with van der Waals surface area (Å²) in [4.78, 5) is 58.3. The molecule has 0 radical (unpaired) electrons. The van der Waals surface area contributed by atoms with Crippen molar-refractivity contribution in [1.82, 2.24) is 0 Å². The second kappa shape index (κ2) is 10.0. The van der Waals surface area contributed by atoms with Crippen molar-refractivity contribution in [3.8, 4) is 11.5 Å². The van der Waals surface area contributed by atoms with Gasteiger partial charge in [0.2, 0.25) is 5.78 Å². The van der Waals surface area contributed by atoms with Crippen molar-refractivity contribution in [1.29, 1.82) is 0 Å². The number of benzene rings is 2. The second-order valence-electron chi connectivity index (χ2n) is 7.37. The maximum atomic E-state index is 13.3. The molecule has 0 spiro atoms. The number of carbonyl (C=O) groups is 4. The van der Waals surface area contributed by atoms with E-state index in [0.29, 0.717) is 13.0 Å². The van der Waals surface area contributed by atoms with Crippen LogP contribution in [0.25, 0.3) is 6.08 Å². The highest BCUT2D eigenvalue weighted by Gasteiger charge is 2.75. The summed E-state index contributed by atoms with van der Waals surface area (Å²) in [5, 5.41) is 68.3. The lowest BCUT2D eigenvalue weighted by Crippen LogP contribution is -2.72. The van der Waals surface area contributed by atoms with E-state index in [9.17, 15) is 55.2 Å². The van der Waals surface area contributed by atoms with E-state index in [1.165, 1.54) is 24.3 Å². The van der Waals surface area contributed by atoms with Crippen LogP contribution in [0.2, 0.25) is 0 Å². The fourth-order valence-corrected chi connectivity index (χ4v) is 3.29. The zero-order chi connectivity index (χ0) is 26.6. The van der Waals surface area contributed by atoms with Crippen molar-refractivity contribution < 1.29 is 65.0 Å². The molecule has 0 amide bonds. The molecule has 0 fully saturated rings. The first kappa shape index (κ1) is 27.1. The molecule has 3 unspecified atom stereocenters. The predicted octanol–water partition coefficient (Wildman–Crippen LogP) is 0.783. The fourth-order valence-electron chi connectivity index (χ4n) is 3.29. The van der Waals surface area contributed by atoms with Crippen molar-refractivity contribution >= 4 is 29.6 Å². The van der Waals surface area contributed by atoms with Crippen LogP contribution < -0.4 is 0 Å². The van der Waals surface area contributed by atoms with Gasteiger partial charge in [-0.1, -0.05) is 42.5 Å². The number of Topliss-reactive ketones (excluding diaryl/α,β-unsaturated/α-hetero) is 1. The monoisotopic (exact) mass is 492 g/mol. The molecule has 186 valence electrons. The van der Waals surface area contributed by atoms with Crippen LogP contribution in [-0.4, -0.2) is 70.8 Å². The molecule has 0 aliphatic heterocycles. The Labute approximate surface area is 196 Å². The van der Waals surface area contributed by atoms with Crippen molar-refractivity contribution in [2.24, 2.45) is 0 Å². The summed E-state index contributed by atoms with van der Waals surface area (Å²) in [6, 6.07) is 8.88. The third-order valence-electron chi connectivity index (χ3n) is 5.22. The number of carboxylic acid groups (broad SMARTS) is 2. The van der Waals surface area contributed by atoms with Crippen molar-refractivity contribution in [2.45, 2.75) is 23.7 Å². The van der Waals surface area contributed by atoms with Crippen molar-refractivity contribution in [3.05, 3.63) is 65.7 Å². The first-order valence-electron chi connectivity index (χ1n) is 9.52. The number of hydrogen-bond acceptors (Lipinski definition) is 11. The van der Waals surface area contributed by atoms with Crippen LogP contribution in [0.4, 0.5) is 0 Å². The smallest absolute Gasteiger partial charge is 0.351 e. The zero-order valence-electron chi connectivity index (χ0n) is 17.9. The van der Waals surface area contributed by atoms with Crippen LogP contribution in [-0.2, 0) is 34.6 Å². The van der Waals surface area contributed by atoms with E-state index < -0.39 is 57.4 Å². The number of carbonyl (C=O) groups excluding carboxylic acids is 2. The number of hydrogen-bond donors (Lipinski definition) is 7. The minimum absolute atomic E-state index is 0.0997. The molecule has 0 heterocycles. The molecule has 13 nitrogen and oxygen atoms in total. The molecular formula is C22H20O13. The minimum Gasteiger partial charge on any atom is -0.504 e. The van der Waals surface area contributed by atoms with Crippen LogP contribution >= 0.6 is 0 Å². The standard InChI is InChI=1S/C22H20O13/c1-20(31,16(25)10-8-12-7-9-14(23)15(24)11-12)17(26)22(35-33,19(29)30)21(34-32,18(27)28)13-5-3-2-4-6-13/h2-11,23-24,31-33H,1H3,(H,27,28)(H,29,30). The van der Waals surface area contributed by atoms with Gasteiger partial charge in [0.05, 0.1) is 0 Å². The van der Waals surface area contributed by atoms with Crippen LogP contribution in [0.1, 0.15) is 18.1 Å². The molecule has 0 aromatic heterocycles. The predicted molar refractivity (Wildman–Crippen MR) is 113 cm³/mol. The van der Waals surface area contributed by atoms with E-state index in [0.717, 1.165) is 30.3 Å². The molecule has 3 atom stereocenters. The number of aromatic hydroxyl groups is 2. The lowest BCUT2D eigenvalue weighted by Gasteiger charge is -2.40. The summed E-state index contributed by atoms with van der Waals surface area (Å²) in [5.41, 5.74) is -11.8. The van der Waals surface area contributed by atoms with Gasteiger partial charge in [-0.3, -0.25) is 20.1 Å². The molecular weight excluding hydrogens is 472 g/mol. The molecule has 13 heteroatoms. The Hall–Kier alpha value is -4.14. The van der Waals surface area contributed by atoms with Crippen molar-refractivity contribution in [3.63, 3.8) is 0 Å². The van der Waals surface area contributed by atoms with E-state index in [1.54, 1.807) is 0 Å². The molecule has 35 heavy (non-hydrogen) atoms. The van der Waals surface area contributed by atoms with Gasteiger partial charge in [-0.05, 0) is 30.7 Å². The Morgan fingerprint density at radius 2 is 1.46 bits per heavy atom. The second-order valence-corrected chi connectivity index (χ2v) is 7.37. The molecule has 0 saturated carbocycles. The maximum Gasteiger partial charge on any atom is 0.351 e. The number of aliphatic carboxylic acids is 2. The van der Waals surface area contributed by atoms with Gasteiger partial charge in [0, 0.05) is 5.56 Å². The van der Waals surface area contributed by atoms with Crippen LogP contribution in [0.5, 0.6) is 11.5 Å². The molecule has 7 N–H and O–H groups in total. The first-order valence-corrected chi connectivity index (χ1v) is 9.52. The molecule has 0 saturated heterocycles. The van der Waals surface area contributed by atoms with Gasteiger partial charge in [-0.25, -0.2) is 19.4 Å². The Kier molecular flexibility index (Phi) is 7.75. The molecule has 0 aliphatic carbocycles. The molecule has 2 aromatic carbocycles. The average molecular weight is 492 g/mol. The number of phenols is 2. The quantitative estimate of drug-likeness (QED) is 0.0757. The van der Waals surface area contributed by atoms with Gasteiger partial charge in [-0.2, -0.15) is 0 Å². The SMILES string of the molecule is CC(O)(C(=O)C=Cc1ccc(O)c(O)c1)C(=O)C(OO)(C(=O)O)C(OO)(C(=O)O)c1ccccc1. The number of carboxylic acids is 2. The molecule has 2 aromatic rings. The Morgan fingerprint density at radius 1 is 0.857 bits per heavy atom. The number of phenolic OH excluding ortho intramolecular Hbond substituents is 2. The summed E-state index contributed by atoms with van der Waals surface area (Å²) in [5.74, 6) is -9.64. The van der Waals surface area contributed by atoms with E-state index in [1.807, 2.05) is 0 Å². The normalized spacial score (nSPS) is 16.6. The lowest BCUT2D eigenvalue weighted by molar-refractivity contribution is -0.404. The Balaban J connectivity index is 2.67. The highest BCUT2D eigenvalue weighted by Crippen LogP contribution is 2.42. The van der Waals surface area contributed by atoms with Gasteiger partial charge in [-0.15, -0.1) is 0 Å². The summed E-state index contributed by atoms with van der Waals surface area (Å²) in [6.45, 7) is 0.502. The fraction of sp³-hybridized carbons (Fsp3) is 0.182. The van der Waals surface area contributed by atoms with Crippen LogP contribution in [0.15, 0.2) is 54.6 Å². The van der Waals surface area contributed by atoms with E-state index >= 15 is 0 Å². The topological polar surface area (TPSA) is 228 Å². The minimum atomic E-state index is -4.11. The highest BCUT2D eigenvalue weighted by molar-refractivity contribution is 6.25. The molecule has 0 bridgehead atoms. The lowest BCUT2D eigenvalue weighted by atomic mass is 9.70. The number of rotatable bonds is 11. The third-order valence-corrected chi connectivity index (χ3v) is 5.22.